The Morgan fingerprint density at radius 1 is 1.30 bits per heavy atom. The lowest BCUT2D eigenvalue weighted by atomic mass is 10.0. The average Bonchev–Trinajstić information content (AvgIpc) is 3.09. The van der Waals surface area contributed by atoms with Crippen LogP contribution in [-0.4, -0.2) is 53.4 Å². The highest BCUT2D eigenvalue weighted by Gasteiger charge is 2.50. The van der Waals surface area contributed by atoms with Gasteiger partial charge in [0.25, 0.3) is 0 Å². The molecule has 2 N–H and O–H groups in total. The molecule has 2 amide bonds. The number of amides is 2. The van der Waals surface area contributed by atoms with Crippen molar-refractivity contribution in [2.45, 2.75) is 50.6 Å². The molecule has 1 aromatic heterocycles. The van der Waals surface area contributed by atoms with Crippen LogP contribution in [0.2, 0.25) is 0 Å². The van der Waals surface area contributed by atoms with E-state index in [2.05, 4.69) is 9.97 Å². The zero-order valence-corrected chi connectivity index (χ0v) is 18.8. The quantitative estimate of drug-likeness (QED) is 0.356. The predicted octanol–water partition coefficient (Wildman–Crippen LogP) is 2.79. The molecule has 2 atom stereocenters. The van der Waals surface area contributed by atoms with Crippen LogP contribution in [0.4, 0.5) is 4.79 Å². The van der Waals surface area contributed by atoms with Crippen molar-refractivity contribution in [3.63, 3.8) is 0 Å². The molecule has 2 aromatic rings. The minimum atomic E-state index is -1.21. The number of rotatable bonds is 7. The van der Waals surface area contributed by atoms with Gasteiger partial charge in [0.2, 0.25) is 11.1 Å². The van der Waals surface area contributed by atoms with Crippen LogP contribution in [0.5, 0.6) is 0 Å². The number of nitrogens with zero attached hydrogens (tertiary/aromatic N) is 4. The number of hydrogen-bond donors (Lipinski definition) is 2. The largest absolute Gasteiger partial charge is 0.478 e. The van der Waals surface area contributed by atoms with Gasteiger partial charge >= 0.3 is 12.1 Å². The summed E-state index contributed by atoms with van der Waals surface area (Å²) in [4.78, 5) is 46.8. The molecule has 2 aliphatic rings. The minimum Gasteiger partial charge on any atom is -0.478 e. The van der Waals surface area contributed by atoms with Crippen molar-refractivity contribution in [1.82, 2.24) is 19.2 Å². The van der Waals surface area contributed by atoms with Gasteiger partial charge in [-0.15, -0.1) is 0 Å². The Kier molecular flexibility index (Phi) is 6.34. The normalized spacial score (nSPS) is 18.0. The highest BCUT2D eigenvalue weighted by molar-refractivity contribution is 7.97. The number of aryl methyl sites for hydroxylation is 1. The third-order valence-electron chi connectivity index (χ3n) is 5.47. The van der Waals surface area contributed by atoms with Crippen LogP contribution >= 0.6 is 11.9 Å². The van der Waals surface area contributed by atoms with Gasteiger partial charge in [0.05, 0.1) is 17.7 Å². The molecule has 1 aromatic carbocycles. The van der Waals surface area contributed by atoms with E-state index in [1.807, 2.05) is 13.0 Å². The molecule has 2 aliphatic heterocycles. The third-order valence-corrected chi connectivity index (χ3v) is 6.35. The molecule has 3 heterocycles. The van der Waals surface area contributed by atoms with Crippen LogP contribution in [0, 0.1) is 6.92 Å². The van der Waals surface area contributed by atoms with E-state index in [0.717, 1.165) is 21.8 Å². The zero-order chi connectivity index (χ0) is 23.7. The highest BCUT2D eigenvalue weighted by Crippen LogP contribution is 2.43. The van der Waals surface area contributed by atoms with Gasteiger partial charge in [0.1, 0.15) is 12.4 Å². The fourth-order valence-corrected chi connectivity index (χ4v) is 4.62. The summed E-state index contributed by atoms with van der Waals surface area (Å²) in [6.45, 7) is 3.41. The molecule has 172 valence electrons. The fourth-order valence-electron chi connectivity index (χ4n) is 3.83. The van der Waals surface area contributed by atoms with Crippen molar-refractivity contribution in [3.05, 3.63) is 64.7 Å². The van der Waals surface area contributed by atoms with Crippen LogP contribution in [0.1, 0.15) is 42.6 Å². The van der Waals surface area contributed by atoms with E-state index < -0.39 is 18.2 Å². The molecule has 0 spiro atoms. The van der Waals surface area contributed by atoms with Crippen molar-refractivity contribution in [3.8, 4) is 0 Å². The van der Waals surface area contributed by atoms with E-state index in [9.17, 15) is 24.6 Å². The highest BCUT2D eigenvalue weighted by atomic mass is 32.2. The topological polar surface area (TPSA) is 133 Å². The number of fused-ring (bicyclic) bond motifs is 1. The maximum absolute atomic E-state index is 13.2. The summed E-state index contributed by atoms with van der Waals surface area (Å²) in [6, 6.07) is 6.66. The average molecular weight is 471 g/mol. The molecule has 10 nitrogen and oxygen atoms in total. The summed E-state index contributed by atoms with van der Waals surface area (Å²) in [7, 11) is 0. The first-order valence-corrected chi connectivity index (χ1v) is 11.0. The lowest BCUT2D eigenvalue weighted by Gasteiger charge is -2.38. The number of aliphatic carboxylic acids is 1. The third kappa shape index (κ3) is 4.55. The standard InChI is InChI=1S/C22H22N4O6S/c1-12-4-5-14(8-16(12)13(2)27)11-32-22(31)26(33-21-23-6-3-7-24-21)19-17(20(29)30)9-15-10-18(28)25(15)19/h3-8,13,15,27H,9-11H2,1-2H3,(H,29,30)/t13-,15?/m1/s1. The molecular formula is C22H22N4O6S. The molecule has 0 bridgehead atoms. The van der Waals surface area contributed by atoms with Crippen molar-refractivity contribution in [1.29, 1.82) is 0 Å². The summed E-state index contributed by atoms with van der Waals surface area (Å²) in [6.07, 6.45) is 1.80. The molecule has 33 heavy (non-hydrogen) atoms. The fraction of sp³-hybridized carbons (Fsp3) is 0.318. The number of β-lactam (4-membered cyclic amide) rings is 1. The van der Waals surface area contributed by atoms with Crippen molar-refractivity contribution < 1.29 is 29.3 Å². The first-order valence-electron chi connectivity index (χ1n) is 10.2. The van der Waals surface area contributed by atoms with E-state index in [1.54, 1.807) is 25.1 Å². The van der Waals surface area contributed by atoms with Gasteiger partial charge in [-0.1, -0.05) is 12.1 Å². The summed E-state index contributed by atoms with van der Waals surface area (Å²) < 4.78 is 6.51. The number of carbonyl (C=O) groups is 3. The van der Waals surface area contributed by atoms with Gasteiger partial charge < -0.3 is 14.9 Å². The van der Waals surface area contributed by atoms with Gasteiger partial charge in [-0.05, 0) is 42.7 Å². The molecule has 1 fully saturated rings. The number of carboxylic acids is 1. The van der Waals surface area contributed by atoms with Gasteiger partial charge in [0, 0.05) is 37.2 Å². The molecule has 1 saturated heterocycles. The molecule has 4 rings (SSSR count). The molecule has 1 unspecified atom stereocenters. The number of carbonyl (C=O) groups excluding carboxylic acids is 2. The lowest BCUT2D eigenvalue weighted by molar-refractivity contribution is -0.142. The van der Waals surface area contributed by atoms with Gasteiger partial charge in [0.15, 0.2) is 0 Å². The minimum absolute atomic E-state index is 0.0280. The zero-order valence-electron chi connectivity index (χ0n) is 18.0. The second-order valence-corrected chi connectivity index (χ2v) is 8.68. The van der Waals surface area contributed by atoms with E-state index in [0.29, 0.717) is 11.1 Å². The first-order chi connectivity index (χ1) is 15.8. The second kappa shape index (κ2) is 9.20. The maximum Gasteiger partial charge on any atom is 0.426 e. The Morgan fingerprint density at radius 3 is 2.67 bits per heavy atom. The number of aromatic nitrogens is 2. The van der Waals surface area contributed by atoms with Crippen LogP contribution < -0.4 is 0 Å². The van der Waals surface area contributed by atoms with E-state index in [4.69, 9.17) is 4.74 Å². The monoisotopic (exact) mass is 470 g/mol. The van der Waals surface area contributed by atoms with Gasteiger partial charge in [-0.2, -0.15) is 4.31 Å². The van der Waals surface area contributed by atoms with Crippen LogP contribution in [-0.2, 0) is 20.9 Å². The Morgan fingerprint density at radius 2 is 2.03 bits per heavy atom. The van der Waals surface area contributed by atoms with Crippen molar-refractivity contribution in [2.24, 2.45) is 0 Å². The number of carboxylic acid groups (broad SMARTS) is 1. The lowest BCUT2D eigenvalue weighted by Crippen LogP contribution is -2.51. The predicted molar refractivity (Wildman–Crippen MR) is 116 cm³/mol. The van der Waals surface area contributed by atoms with Gasteiger partial charge in [-0.3, -0.25) is 9.69 Å². The van der Waals surface area contributed by atoms with Crippen LogP contribution in [0.3, 0.4) is 0 Å². The van der Waals surface area contributed by atoms with Crippen LogP contribution in [0.25, 0.3) is 0 Å². The summed E-state index contributed by atoms with van der Waals surface area (Å²) >= 11 is 0.784. The van der Waals surface area contributed by atoms with Gasteiger partial charge in [-0.25, -0.2) is 19.6 Å². The molecular weight excluding hydrogens is 448 g/mol. The number of ether oxygens (including phenoxy) is 1. The van der Waals surface area contributed by atoms with Crippen molar-refractivity contribution >= 4 is 29.9 Å². The molecule has 0 radical (unpaired) electrons. The number of aliphatic hydroxyl groups excluding tert-OH is 1. The summed E-state index contributed by atoms with van der Waals surface area (Å²) in [5, 5.41) is 19.8. The number of benzene rings is 1. The Balaban J connectivity index is 1.62. The Bertz CT molecular complexity index is 1140. The smallest absolute Gasteiger partial charge is 0.426 e. The van der Waals surface area contributed by atoms with Crippen molar-refractivity contribution in [2.75, 3.05) is 0 Å². The molecule has 0 aliphatic carbocycles. The first kappa shape index (κ1) is 22.7. The second-order valence-electron chi connectivity index (χ2n) is 7.77. The molecule has 0 saturated carbocycles. The Labute approximate surface area is 194 Å². The summed E-state index contributed by atoms with van der Waals surface area (Å²) in [5.41, 5.74) is 2.23. The van der Waals surface area contributed by atoms with E-state index in [1.165, 1.54) is 17.3 Å². The number of hydrogen-bond acceptors (Lipinski definition) is 8. The molecule has 11 heteroatoms. The van der Waals surface area contributed by atoms with E-state index in [-0.39, 0.29) is 47.9 Å². The summed E-state index contributed by atoms with van der Waals surface area (Å²) in [5.74, 6) is -1.50. The van der Waals surface area contributed by atoms with E-state index >= 15 is 0 Å². The SMILES string of the molecule is Cc1ccc(COC(=O)N(Sc2ncccn2)C2=C(C(=O)O)CC3CC(=O)N23)cc1[C@@H](C)O. The van der Waals surface area contributed by atoms with Crippen LogP contribution in [0.15, 0.2) is 53.2 Å². The maximum atomic E-state index is 13.2. The Hall–Kier alpha value is -3.44. The number of aliphatic hydroxyl groups is 1.